The maximum absolute atomic E-state index is 12.6. The predicted molar refractivity (Wildman–Crippen MR) is 103 cm³/mol. The van der Waals surface area contributed by atoms with Crippen LogP contribution in [0.25, 0.3) is 6.08 Å². The molecule has 2 rings (SSSR count). The summed E-state index contributed by atoms with van der Waals surface area (Å²) >= 11 is 11.6. The molecule has 142 valence electrons. The molecule has 0 heterocycles. The van der Waals surface area contributed by atoms with E-state index in [1.165, 1.54) is 48.5 Å². The van der Waals surface area contributed by atoms with Crippen LogP contribution in [0.1, 0.15) is 5.56 Å². The molecule has 12 heteroatoms. The molecule has 4 N–H and O–H groups in total. The number of hydrogen-bond acceptors (Lipinski definition) is 7. The van der Waals surface area contributed by atoms with Crippen LogP contribution < -0.4 is 16.1 Å². The molecule has 0 saturated heterocycles. The molecule has 2 aromatic rings. The van der Waals surface area contributed by atoms with E-state index >= 15 is 0 Å². The van der Waals surface area contributed by atoms with E-state index in [0.29, 0.717) is 9.98 Å². The van der Waals surface area contributed by atoms with Crippen molar-refractivity contribution in [1.82, 2.24) is 5.12 Å². The van der Waals surface area contributed by atoms with Gasteiger partial charge in [0.15, 0.2) is 0 Å². The Bertz CT molecular complexity index is 996. The Hall–Kier alpha value is -2.50. The van der Waals surface area contributed by atoms with Gasteiger partial charge in [-0.25, -0.2) is 16.1 Å². The molecule has 0 bridgehead atoms. The van der Waals surface area contributed by atoms with Crippen molar-refractivity contribution in [2.24, 2.45) is 17.0 Å². The first-order valence-electron chi connectivity index (χ1n) is 7.12. The summed E-state index contributed by atoms with van der Waals surface area (Å²) < 4.78 is 25.8. The van der Waals surface area contributed by atoms with Gasteiger partial charge in [0.05, 0.1) is 25.9 Å². The standard InChI is InChI=1S/C15H13Cl2N5O4S/c16-13-7-6-12(9-14(13)17)27(25,26)22(19)11-4-1-10(2-5-11)3-8-15(23)21(18)20-24/h1-9H,18-19H2/b8-3+. The van der Waals surface area contributed by atoms with Gasteiger partial charge in [0.1, 0.15) is 0 Å². The van der Waals surface area contributed by atoms with Gasteiger partial charge in [-0.05, 0) is 42.0 Å². The number of sulfonamides is 1. The molecule has 0 spiro atoms. The van der Waals surface area contributed by atoms with E-state index < -0.39 is 15.9 Å². The minimum Gasteiger partial charge on any atom is -0.266 e. The SMILES string of the molecule is NN(N=O)C(=O)/C=C/c1ccc(N(N)S(=O)(=O)c2ccc(Cl)c(Cl)c2)cc1. The highest BCUT2D eigenvalue weighted by atomic mass is 35.5. The lowest BCUT2D eigenvalue weighted by atomic mass is 10.2. The summed E-state index contributed by atoms with van der Waals surface area (Å²) in [6.07, 6.45) is 2.40. The minimum atomic E-state index is -4.06. The van der Waals surface area contributed by atoms with E-state index in [4.69, 9.17) is 34.9 Å². The topological polar surface area (TPSA) is 139 Å². The van der Waals surface area contributed by atoms with Crippen molar-refractivity contribution in [2.45, 2.75) is 4.90 Å². The Labute approximate surface area is 164 Å². The molecule has 0 aliphatic heterocycles. The van der Waals surface area contributed by atoms with Gasteiger partial charge in [-0.2, -0.15) is 8.42 Å². The molecule has 1 amide bonds. The minimum absolute atomic E-state index is 0.0788. The first-order valence-corrected chi connectivity index (χ1v) is 9.31. The number of hydrogen-bond donors (Lipinski definition) is 2. The van der Waals surface area contributed by atoms with Crippen molar-refractivity contribution < 1.29 is 13.2 Å². The van der Waals surface area contributed by atoms with Crippen molar-refractivity contribution in [3.63, 3.8) is 0 Å². The highest BCUT2D eigenvalue weighted by Gasteiger charge is 2.23. The lowest BCUT2D eigenvalue weighted by molar-refractivity contribution is -0.126. The fraction of sp³-hybridized carbons (Fsp3) is 0. The smallest absolute Gasteiger partial charge is 0.266 e. The zero-order chi connectivity index (χ0) is 20.2. The van der Waals surface area contributed by atoms with Gasteiger partial charge < -0.3 is 0 Å². The van der Waals surface area contributed by atoms with Gasteiger partial charge >= 0.3 is 0 Å². The van der Waals surface area contributed by atoms with Gasteiger partial charge in [0.25, 0.3) is 15.9 Å². The number of amides is 1. The number of carbonyl (C=O) groups excluding carboxylic acids is 1. The third-order valence-corrected chi connectivity index (χ3v) is 5.64. The van der Waals surface area contributed by atoms with Gasteiger partial charge in [-0.1, -0.05) is 35.3 Å². The van der Waals surface area contributed by atoms with Crippen LogP contribution in [-0.4, -0.2) is 19.4 Å². The molecule has 0 atom stereocenters. The van der Waals surface area contributed by atoms with Crippen molar-refractivity contribution in [3.05, 3.63) is 69.1 Å². The maximum atomic E-state index is 12.6. The number of anilines is 1. The van der Waals surface area contributed by atoms with Crippen molar-refractivity contribution in [1.29, 1.82) is 0 Å². The fourth-order valence-corrected chi connectivity index (χ4v) is 3.40. The highest BCUT2D eigenvalue weighted by Crippen LogP contribution is 2.27. The quantitative estimate of drug-likeness (QED) is 0.237. The van der Waals surface area contributed by atoms with Crippen LogP contribution in [0.4, 0.5) is 5.69 Å². The highest BCUT2D eigenvalue weighted by molar-refractivity contribution is 7.92. The molecule has 0 unspecified atom stereocenters. The fourth-order valence-electron chi connectivity index (χ4n) is 1.91. The lowest BCUT2D eigenvalue weighted by Crippen LogP contribution is -2.37. The Balaban J connectivity index is 2.23. The first-order chi connectivity index (χ1) is 12.7. The largest absolute Gasteiger partial charge is 0.284 e. The second kappa shape index (κ2) is 8.46. The van der Waals surface area contributed by atoms with E-state index in [9.17, 15) is 18.1 Å². The van der Waals surface area contributed by atoms with E-state index in [2.05, 4.69) is 5.29 Å². The predicted octanol–water partition coefficient (Wildman–Crippen LogP) is 2.46. The number of nitroso groups, excluding NO2 is 1. The number of nitrogens with two attached hydrogens (primary N) is 2. The summed E-state index contributed by atoms with van der Waals surface area (Å²) in [6.45, 7) is 0. The van der Waals surface area contributed by atoms with E-state index in [0.717, 1.165) is 6.08 Å². The molecule has 0 aromatic heterocycles. The summed E-state index contributed by atoms with van der Waals surface area (Å²) in [7, 11) is -4.06. The van der Waals surface area contributed by atoms with Crippen molar-refractivity contribution >= 4 is 50.9 Å². The Morgan fingerprint density at radius 3 is 2.22 bits per heavy atom. The molecular formula is C15H13Cl2N5O4S. The second-order valence-corrected chi connectivity index (χ2v) is 7.70. The second-order valence-electron chi connectivity index (χ2n) is 5.07. The summed E-state index contributed by atoms with van der Waals surface area (Å²) in [5.74, 6) is 9.94. The third-order valence-electron chi connectivity index (χ3n) is 3.33. The van der Waals surface area contributed by atoms with Crippen LogP contribution in [0, 0.1) is 4.91 Å². The van der Waals surface area contributed by atoms with Gasteiger partial charge in [-0.3, -0.25) is 4.79 Å². The van der Waals surface area contributed by atoms with Gasteiger partial charge in [0.2, 0.25) is 0 Å². The molecule has 0 aliphatic carbocycles. The number of nitrogens with zero attached hydrogens (tertiary/aromatic N) is 3. The van der Waals surface area contributed by atoms with Crippen LogP contribution in [0.2, 0.25) is 10.0 Å². The van der Waals surface area contributed by atoms with Gasteiger partial charge in [-0.15, -0.1) is 10.0 Å². The third kappa shape index (κ3) is 4.81. The number of benzene rings is 2. The lowest BCUT2D eigenvalue weighted by Gasteiger charge is -2.19. The molecule has 9 nitrogen and oxygen atoms in total. The Morgan fingerprint density at radius 2 is 1.67 bits per heavy atom. The summed E-state index contributed by atoms with van der Waals surface area (Å²) in [5.41, 5.74) is 0.700. The molecule has 0 fully saturated rings. The molecule has 2 aromatic carbocycles. The normalized spacial score (nSPS) is 11.4. The van der Waals surface area contributed by atoms with Gasteiger partial charge in [0, 0.05) is 6.08 Å². The van der Waals surface area contributed by atoms with Crippen LogP contribution in [0.15, 0.2) is 58.7 Å². The van der Waals surface area contributed by atoms with Crippen molar-refractivity contribution in [2.75, 3.05) is 4.41 Å². The molecule has 0 radical (unpaired) electrons. The van der Waals surface area contributed by atoms with Crippen LogP contribution in [-0.2, 0) is 14.8 Å². The summed E-state index contributed by atoms with van der Waals surface area (Å²) in [6, 6.07) is 9.71. The van der Waals surface area contributed by atoms with E-state index in [1.807, 2.05) is 0 Å². The van der Waals surface area contributed by atoms with Crippen LogP contribution in [0.5, 0.6) is 0 Å². The Kier molecular flexibility index (Phi) is 6.52. The zero-order valence-corrected chi connectivity index (χ0v) is 15.8. The average molecular weight is 430 g/mol. The van der Waals surface area contributed by atoms with Crippen LogP contribution >= 0.6 is 23.2 Å². The molecule has 0 saturated carbocycles. The monoisotopic (exact) mass is 429 g/mol. The van der Waals surface area contributed by atoms with E-state index in [-0.39, 0.29) is 25.7 Å². The van der Waals surface area contributed by atoms with Crippen molar-refractivity contribution in [3.8, 4) is 0 Å². The molecular weight excluding hydrogens is 417 g/mol. The van der Waals surface area contributed by atoms with Crippen LogP contribution in [0.3, 0.4) is 0 Å². The molecule has 27 heavy (non-hydrogen) atoms. The summed E-state index contributed by atoms with van der Waals surface area (Å²) in [5, 5.41) is 2.69. The first kappa shape index (κ1) is 20.8. The summed E-state index contributed by atoms with van der Waals surface area (Å²) in [4.78, 5) is 21.4. The zero-order valence-electron chi connectivity index (χ0n) is 13.5. The van der Waals surface area contributed by atoms with E-state index in [1.54, 1.807) is 0 Å². The average Bonchev–Trinajstić information content (AvgIpc) is 2.67. The Morgan fingerprint density at radius 1 is 1.04 bits per heavy atom. The number of rotatable bonds is 6. The number of hydrazine groups is 2. The number of carbonyl (C=O) groups is 1. The molecule has 0 aliphatic rings. The maximum Gasteiger partial charge on any atom is 0.284 e. The number of halogens is 2.